The fourth-order valence-corrected chi connectivity index (χ4v) is 2.96. The fraction of sp³-hybridized carbons (Fsp3) is 0.333. The standard InChI is InChI=1S/C18H22BrN/c1-2-14-20-18(16-10-6-7-11-17(16)19)13-12-15-8-4-3-5-9-15/h3-11,18,20H,2,12-14H2,1H3. The summed E-state index contributed by atoms with van der Waals surface area (Å²) in [5.74, 6) is 0. The molecule has 1 unspecified atom stereocenters. The molecule has 106 valence electrons. The van der Waals surface area contributed by atoms with E-state index in [9.17, 15) is 0 Å². The van der Waals surface area contributed by atoms with Crippen molar-refractivity contribution in [3.8, 4) is 0 Å². The molecule has 1 N–H and O–H groups in total. The number of rotatable bonds is 7. The molecule has 2 rings (SSSR count). The monoisotopic (exact) mass is 331 g/mol. The summed E-state index contributed by atoms with van der Waals surface area (Å²) < 4.78 is 1.20. The summed E-state index contributed by atoms with van der Waals surface area (Å²) in [5.41, 5.74) is 2.76. The van der Waals surface area contributed by atoms with Crippen LogP contribution in [0.5, 0.6) is 0 Å². The van der Waals surface area contributed by atoms with E-state index in [1.807, 2.05) is 0 Å². The smallest absolute Gasteiger partial charge is 0.0334 e. The molecule has 0 saturated carbocycles. The average Bonchev–Trinajstić information content (AvgIpc) is 2.49. The Bertz CT molecular complexity index is 510. The first-order valence-electron chi connectivity index (χ1n) is 7.33. The molecule has 1 atom stereocenters. The van der Waals surface area contributed by atoms with Gasteiger partial charge in [0.05, 0.1) is 0 Å². The van der Waals surface area contributed by atoms with Crippen molar-refractivity contribution in [3.63, 3.8) is 0 Å². The minimum atomic E-state index is 0.408. The second kappa shape index (κ2) is 8.23. The van der Waals surface area contributed by atoms with E-state index in [0.717, 1.165) is 25.8 Å². The lowest BCUT2D eigenvalue weighted by Gasteiger charge is -2.20. The van der Waals surface area contributed by atoms with Crippen LogP contribution < -0.4 is 5.32 Å². The number of halogens is 1. The van der Waals surface area contributed by atoms with Crippen LogP contribution in [-0.2, 0) is 6.42 Å². The zero-order valence-corrected chi connectivity index (χ0v) is 13.6. The van der Waals surface area contributed by atoms with Crippen molar-refractivity contribution in [3.05, 3.63) is 70.2 Å². The molecule has 20 heavy (non-hydrogen) atoms. The fourth-order valence-electron chi connectivity index (χ4n) is 2.40. The van der Waals surface area contributed by atoms with Crippen LogP contribution >= 0.6 is 15.9 Å². The molecule has 0 bridgehead atoms. The summed E-state index contributed by atoms with van der Waals surface area (Å²) >= 11 is 3.68. The van der Waals surface area contributed by atoms with Gasteiger partial charge in [-0.25, -0.2) is 0 Å². The highest BCUT2D eigenvalue weighted by Crippen LogP contribution is 2.26. The maximum absolute atomic E-state index is 3.68. The summed E-state index contributed by atoms with van der Waals surface area (Å²) in [6, 6.07) is 19.6. The second-order valence-electron chi connectivity index (χ2n) is 5.05. The van der Waals surface area contributed by atoms with Crippen molar-refractivity contribution in [2.45, 2.75) is 32.2 Å². The third-order valence-electron chi connectivity index (χ3n) is 3.49. The van der Waals surface area contributed by atoms with E-state index < -0.39 is 0 Å². The van der Waals surface area contributed by atoms with Crippen molar-refractivity contribution in [2.75, 3.05) is 6.54 Å². The average molecular weight is 332 g/mol. The lowest BCUT2D eigenvalue weighted by Crippen LogP contribution is -2.23. The van der Waals surface area contributed by atoms with Crippen LogP contribution in [0.3, 0.4) is 0 Å². The van der Waals surface area contributed by atoms with Crippen LogP contribution in [0.2, 0.25) is 0 Å². The molecule has 0 radical (unpaired) electrons. The van der Waals surface area contributed by atoms with Gasteiger partial charge in [0.2, 0.25) is 0 Å². The summed E-state index contributed by atoms with van der Waals surface area (Å²) in [5, 5.41) is 3.67. The van der Waals surface area contributed by atoms with Gasteiger partial charge < -0.3 is 5.32 Å². The van der Waals surface area contributed by atoms with Gasteiger partial charge >= 0.3 is 0 Å². The Kier molecular flexibility index (Phi) is 6.28. The third kappa shape index (κ3) is 4.46. The van der Waals surface area contributed by atoms with E-state index in [1.165, 1.54) is 15.6 Å². The number of nitrogens with one attached hydrogen (secondary N) is 1. The molecule has 0 amide bonds. The molecular formula is C18H22BrN. The first kappa shape index (κ1) is 15.3. The zero-order valence-electron chi connectivity index (χ0n) is 12.0. The van der Waals surface area contributed by atoms with Gasteiger partial charge in [0.1, 0.15) is 0 Å². The van der Waals surface area contributed by atoms with E-state index >= 15 is 0 Å². The van der Waals surface area contributed by atoms with Gasteiger partial charge in [-0.2, -0.15) is 0 Å². The van der Waals surface area contributed by atoms with Crippen molar-refractivity contribution < 1.29 is 0 Å². The van der Waals surface area contributed by atoms with E-state index in [4.69, 9.17) is 0 Å². The molecule has 0 saturated heterocycles. The maximum atomic E-state index is 3.68. The predicted octanol–water partition coefficient (Wildman–Crippen LogP) is 5.12. The van der Waals surface area contributed by atoms with Crippen LogP contribution in [0.15, 0.2) is 59.1 Å². The lowest BCUT2D eigenvalue weighted by molar-refractivity contribution is 0.498. The molecule has 1 nitrogen and oxygen atoms in total. The Morgan fingerprint density at radius 3 is 2.40 bits per heavy atom. The van der Waals surface area contributed by atoms with E-state index in [0.29, 0.717) is 6.04 Å². The van der Waals surface area contributed by atoms with Gasteiger partial charge in [0.15, 0.2) is 0 Å². The van der Waals surface area contributed by atoms with Gasteiger partial charge in [-0.3, -0.25) is 0 Å². The minimum Gasteiger partial charge on any atom is -0.310 e. The Morgan fingerprint density at radius 1 is 1.00 bits per heavy atom. The SMILES string of the molecule is CCCNC(CCc1ccccc1)c1ccccc1Br. The third-order valence-corrected chi connectivity index (χ3v) is 4.21. The highest BCUT2D eigenvalue weighted by molar-refractivity contribution is 9.10. The molecule has 2 aromatic rings. The molecule has 0 aromatic heterocycles. The quantitative estimate of drug-likeness (QED) is 0.742. The molecule has 0 fully saturated rings. The first-order valence-corrected chi connectivity index (χ1v) is 8.12. The summed E-state index contributed by atoms with van der Waals surface area (Å²) in [6.07, 6.45) is 3.38. The van der Waals surface area contributed by atoms with Gasteiger partial charge in [0.25, 0.3) is 0 Å². The molecular weight excluding hydrogens is 310 g/mol. The minimum absolute atomic E-state index is 0.408. The predicted molar refractivity (Wildman–Crippen MR) is 89.9 cm³/mol. The number of aryl methyl sites for hydroxylation is 1. The van der Waals surface area contributed by atoms with Crippen LogP contribution in [-0.4, -0.2) is 6.54 Å². The second-order valence-corrected chi connectivity index (χ2v) is 5.91. The Balaban J connectivity index is 2.06. The molecule has 0 heterocycles. The molecule has 2 aromatic carbocycles. The Labute approximate surface area is 130 Å². The van der Waals surface area contributed by atoms with E-state index in [-0.39, 0.29) is 0 Å². The van der Waals surface area contributed by atoms with Gasteiger partial charge in [-0.05, 0) is 43.0 Å². The van der Waals surface area contributed by atoms with Gasteiger partial charge in [-0.1, -0.05) is 71.4 Å². The van der Waals surface area contributed by atoms with Gasteiger partial charge in [0, 0.05) is 10.5 Å². The maximum Gasteiger partial charge on any atom is 0.0334 e. The Morgan fingerprint density at radius 2 is 1.70 bits per heavy atom. The van der Waals surface area contributed by atoms with Crippen molar-refractivity contribution in [1.82, 2.24) is 5.32 Å². The van der Waals surface area contributed by atoms with Crippen LogP contribution in [0.1, 0.15) is 36.9 Å². The van der Waals surface area contributed by atoms with E-state index in [2.05, 4.69) is 82.8 Å². The van der Waals surface area contributed by atoms with E-state index in [1.54, 1.807) is 0 Å². The van der Waals surface area contributed by atoms with Crippen LogP contribution in [0.4, 0.5) is 0 Å². The van der Waals surface area contributed by atoms with Crippen molar-refractivity contribution >= 4 is 15.9 Å². The largest absolute Gasteiger partial charge is 0.310 e. The number of hydrogen-bond donors (Lipinski definition) is 1. The normalized spacial score (nSPS) is 12.3. The highest BCUT2D eigenvalue weighted by Gasteiger charge is 2.13. The molecule has 0 aliphatic heterocycles. The topological polar surface area (TPSA) is 12.0 Å². The van der Waals surface area contributed by atoms with Gasteiger partial charge in [-0.15, -0.1) is 0 Å². The van der Waals surface area contributed by atoms with Crippen LogP contribution in [0, 0.1) is 0 Å². The molecule has 2 heteroatoms. The summed E-state index contributed by atoms with van der Waals surface area (Å²) in [6.45, 7) is 3.27. The summed E-state index contributed by atoms with van der Waals surface area (Å²) in [7, 11) is 0. The number of benzene rings is 2. The highest BCUT2D eigenvalue weighted by atomic mass is 79.9. The van der Waals surface area contributed by atoms with Crippen molar-refractivity contribution in [1.29, 1.82) is 0 Å². The first-order chi connectivity index (χ1) is 9.81. The lowest BCUT2D eigenvalue weighted by atomic mass is 9.99. The zero-order chi connectivity index (χ0) is 14.2. The molecule has 0 spiro atoms. The number of hydrogen-bond acceptors (Lipinski definition) is 1. The van der Waals surface area contributed by atoms with Crippen LogP contribution in [0.25, 0.3) is 0 Å². The molecule has 0 aliphatic carbocycles. The summed E-state index contributed by atoms with van der Waals surface area (Å²) in [4.78, 5) is 0. The molecule has 0 aliphatic rings. The van der Waals surface area contributed by atoms with Crippen molar-refractivity contribution in [2.24, 2.45) is 0 Å². The Hall–Kier alpha value is -1.12.